The molecule has 0 radical (unpaired) electrons. The van der Waals surface area contributed by atoms with Crippen LogP contribution in [0.15, 0.2) is 0 Å². The van der Waals surface area contributed by atoms with Crippen LogP contribution in [0.25, 0.3) is 0 Å². The summed E-state index contributed by atoms with van der Waals surface area (Å²) in [5, 5.41) is 7.25. The molecule has 132 valence electrons. The molecule has 0 spiro atoms. The number of nitrogens with zero attached hydrogens (tertiary/aromatic N) is 4. The smallest absolute Gasteiger partial charge is 0.322 e. The molecule has 0 bridgehead atoms. The van der Waals surface area contributed by atoms with Gasteiger partial charge in [0.25, 0.3) is 0 Å². The molecule has 0 aliphatic carbocycles. The van der Waals surface area contributed by atoms with Crippen molar-refractivity contribution in [3.63, 3.8) is 0 Å². The molecule has 2 saturated heterocycles. The number of ether oxygens (including phenoxy) is 1. The number of amides is 3. The van der Waals surface area contributed by atoms with Crippen molar-refractivity contribution in [2.75, 3.05) is 38.2 Å². The van der Waals surface area contributed by atoms with E-state index in [0.717, 1.165) is 23.5 Å². The van der Waals surface area contributed by atoms with Gasteiger partial charge in [0.2, 0.25) is 5.91 Å². The molecule has 2 fully saturated rings. The van der Waals surface area contributed by atoms with Crippen LogP contribution in [0.5, 0.6) is 0 Å². The first-order valence-electron chi connectivity index (χ1n) is 8.43. The number of urea groups is 1. The zero-order chi connectivity index (χ0) is 17.3. The third-order valence-corrected chi connectivity index (χ3v) is 4.86. The van der Waals surface area contributed by atoms with E-state index in [0.29, 0.717) is 39.3 Å². The average molecular weight is 335 g/mol. The highest BCUT2D eigenvalue weighted by Crippen LogP contribution is 2.24. The van der Waals surface area contributed by atoms with Crippen molar-refractivity contribution < 1.29 is 14.3 Å². The van der Waals surface area contributed by atoms with Crippen LogP contribution < -0.4 is 5.32 Å². The summed E-state index contributed by atoms with van der Waals surface area (Å²) in [5.74, 6) is 0.0329. The van der Waals surface area contributed by atoms with E-state index in [1.54, 1.807) is 14.5 Å². The summed E-state index contributed by atoms with van der Waals surface area (Å²) in [6.45, 7) is 6.72. The zero-order valence-corrected chi connectivity index (χ0v) is 14.5. The van der Waals surface area contributed by atoms with Gasteiger partial charge in [-0.3, -0.25) is 9.48 Å². The standard InChI is InChI=1S/C16H25N5O3/c1-11-14(12(2)19(3)18-11)17-16(23)21-6-4-5-13(21)15(22)20-7-9-24-10-8-20/h13H,4-10H2,1-3H3,(H,17,23). The van der Waals surface area contributed by atoms with Crippen LogP contribution in [0, 0.1) is 13.8 Å². The van der Waals surface area contributed by atoms with Gasteiger partial charge in [-0.15, -0.1) is 0 Å². The molecular weight excluding hydrogens is 310 g/mol. The minimum Gasteiger partial charge on any atom is -0.378 e. The second-order valence-electron chi connectivity index (χ2n) is 6.39. The maximum atomic E-state index is 12.7. The molecule has 1 N–H and O–H groups in total. The Morgan fingerprint density at radius 3 is 2.54 bits per heavy atom. The first kappa shape index (κ1) is 16.8. The second kappa shape index (κ2) is 6.80. The Hall–Kier alpha value is -2.09. The fraction of sp³-hybridized carbons (Fsp3) is 0.688. The Morgan fingerprint density at radius 2 is 1.92 bits per heavy atom. The molecule has 1 atom stereocenters. The normalized spacial score (nSPS) is 21.2. The number of carbonyl (C=O) groups excluding carboxylic acids is 2. The van der Waals surface area contributed by atoms with Gasteiger partial charge in [0.15, 0.2) is 0 Å². The minimum atomic E-state index is -0.375. The third-order valence-electron chi connectivity index (χ3n) is 4.86. The number of anilines is 1. The molecule has 3 heterocycles. The molecule has 1 aromatic heterocycles. The van der Waals surface area contributed by atoms with Crippen LogP contribution in [0.3, 0.4) is 0 Å². The number of hydrogen-bond donors (Lipinski definition) is 1. The molecule has 1 unspecified atom stereocenters. The van der Waals surface area contributed by atoms with Crippen LogP contribution in [0.2, 0.25) is 0 Å². The number of aromatic nitrogens is 2. The molecule has 8 nitrogen and oxygen atoms in total. The van der Waals surface area contributed by atoms with E-state index in [-0.39, 0.29) is 18.0 Å². The fourth-order valence-electron chi connectivity index (χ4n) is 3.39. The Labute approximate surface area is 141 Å². The Balaban J connectivity index is 1.70. The predicted molar refractivity (Wildman–Crippen MR) is 88.8 cm³/mol. The maximum Gasteiger partial charge on any atom is 0.322 e. The van der Waals surface area contributed by atoms with Gasteiger partial charge in [0.05, 0.1) is 30.3 Å². The van der Waals surface area contributed by atoms with Gasteiger partial charge in [-0.2, -0.15) is 5.10 Å². The van der Waals surface area contributed by atoms with Crippen molar-refractivity contribution in [2.45, 2.75) is 32.7 Å². The molecular formula is C16H25N5O3. The van der Waals surface area contributed by atoms with Gasteiger partial charge in [0.1, 0.15) is 6.04 Å². The van der Waals surface area contributed by atoms with Crippen molar-refractivity contribution in [1.29, 1.82) is 0 Å². The largest absolute Gasteiger partial charge is 0.378 e. The van der Waals surface area contributed by atoms with E-state index in [4.69, 9.17) is 4.74 Å². The lowest BCUT2D eigenvalue weighted by molar-refractivity contribution is -0.139. The lowest BCUT2D eigenvalue weighted by Crippen LogP contribution is -2.51. The van der Waals surface area contributed by atoms with Gasteiger partial charge in [-0.25, -0.2) is 4.79 Å². The van der Waals surface area contributed by atoms with Crippen LogP contribution in [-0.4, -0.2) is 70.4 Å². The molecule has 2 aliphatic heterocycles. The lowest BCUT2D eigenvalue weighted by atomic mass is 10.2. The highest BCUT2D eigenvalue weighted by atomic mass is 16.5. The number of aryl methyl sites for hydroxylation is 2. The van der Waals surface area contributed by atoms with Crippen molar-refractivity contribution in [1.82, 2.24) is 19.6 Å². The number of hydrogen-bond acceptors (Lipinski definition) is 4. The molecule has 1 aromatic rings. The van der Waals surface area contributed by atoms with E-state index in [1.165, 1.54) is 0 Å². The zero-order valence-electron chi connectivity index (χ0n) is 14.5. The minimum absolute atomic E-state index is 0.0329. The molecule has 24 heavy (non-hydrogen) atoms. The molecule has 0 aromatic carbocycles. The SMILES string of the molecule is Cc1nn(C)c(C)c1NC(=O)N1CCCC1C(=O)N1CCOCC1. The Bertz CT molecular complexity index is 636. The molecule has 2 aliphatic rings. The number of rotatable bonds is 2. The molecule has 0 saturated carbocycles. The summed E-state index contributed by atoms with van der Waals surface area (Å²) >= 11 is 0. The lowest BCUT2D eigenvalue weighted by Gasteiger charge is -2.32. The van der Waals surface area contributed by atoms with Gasteiger partial charge in [-0.05, 0) is 26.7 Å². The van der Waals surface area contributed by atoms with Gasteiger partial charge in [0, 0.05) is 26.7 Å². The second-order valence-corrected chi connectivity index (χ2v) is 6.39. The molecule has 3 rings (SSSR count). The third kappa shape index (κ3) is 3.10. The van der Waals surface area contributed by atoms with Crippen LogP contribution in [0.1, 0.15) is 24.2 Å². The Kier molecular flexibility index (Phi) is 4.75. The van der Waals surface area contributed by atoms with E-state index >= 15 is 0 Å². The van der Waals surface area contributed by atoms with Gasteiger partial charge >= 0.3 is 6.03 Å². The van der Waals surface area contributed by atoms with Crippen LogP contribution in [-0.2, 0) is 16.6 Å². The Morgan fingerprint density at radius 1 is 1.21 bits per heavy atom. The summed E-state index contributed by atoms with van der Waals surface area (Å²) in [7, 11) is 1.85. The number of nitrogens with one attached hydrogen (secondary N) is 1. The number of morpholine rings is 1. The predicted octanol–water partition coefficient (Wildman–Crippen LogP) is 0.892. The maximum absolute atomic E-state index is 12.7. The topological polar surface area (TPSA) is 79.7 Å². The summed E-state index contributed by atoms with van der Waals surface area (Å²) in [5.41, 5.74) is 2.40. The highest BCUT2D eigenvalue weighted by Gasteiger charge is 2.37. The first-order chi connectivity index (χ1) is 11.5. The summed E-state index contributed by atoms with van der Waals surface area (Å²) < 4.78 is 7.04. The van der Waals surface area contributed by atoms with Gasteiger partial charge in [-0.1, -0.05) is 0 Å². The average Bonchev–Trinajstić information content (AvgIpc) is 3.16. The van der Waals surface area contributed by atoms with E-state index in [2.05, 4.69) is 10.4 Å². The fourth-order valence-corrected chi connectivity index (χ4v) is 3.39. The molecule has 8 heteroatoms. The van der Waals surface area contributed by atoms with Crippen molar-refractivity contribution >= 4 is 17.6 Å². The monoisotopic (exact) mass is 335 g/mol. The quantitative estimate of drug-likeness (QED) is 0.870. The summed E-state index contributed by atoms with van der Waals surface area (Å²) in [6, 6.07) is -0.598. The summed E-state index contributed by atoms with van der Waals surface area (Å²) in [6.07, 6.45) is 1.56. The van der Waals surface area contributed by atoms with Crippen molar-refractivity contribution in [3.05, 3.63) is 11.4 Å². The summed E-state index contributed by atoms with van der Waals surface area (Å²) in [4.78, 5) is 28.9. The first-order valence-corrected chi connectivity index (χ1v) is 8.43. The highest BCUT2D eigenvalue weighted by molar-refractivity contribution is 5.95. The molecule has 3 amide bonds. The van der Waals surface area contributed by atoms with Crippen molar-refractivity contribution in [3.8, 4) is 0 Å². The number of carbonyl (C=O) groups is 2. The van der Waals surface area contributed by atoms with E-state index in [9.17, 15) is 9.59 Å². The number of likely N-dealkylation sites (tertiary alicyclic amines) is 1. The van der Waals surface area contributed by atoms with Crippen LogP contribution >= 0.6 is 0 Å². The van der Waals surface area contributed by atoms with E-state index < -0.39 is 0 Å². The van der Waals surface area contributed by atoms with E-state index in [1.807, 2.05) is 20.9 Å². The van der Waals surface area contributed by atoms with Crippen molar-refractivity contribution in [2.24, 2.45) is 7.05 Å². The van der Waals surface area contributed by atoms with Gasteiger partial charge < -0.3 is 19.9 Å². The van der Waals surface area contributed by atoms with Crippen LogP contribution in [0.4, 0.5) is 10.5 Å².